The van der Waals surface area contributed by atoms with Crippen LogP contribution in [0.2, 0.25) is 0 Å². The summed E-state index contributed by atoms with van der Waals surface area (Å²) in [5.74, 6) is 0. The van der Waals surface area contributed by atoms with Crippen LogP contribution in [0.4, 0.5) is 13.2 Å². The van der Waals surface area contributed by atoms with Crippen LogP contribution in [0.3, 0.4) is 0 Å². The van der Waals surface area contributed by atoms with E-state index in [0.29, 0.717) is 0 Å². The van der Waals surface area contributed by atoms with E-state index in [1.54, 1.807) is 6.92 Å². The van der Waals surface area contributed by atoms with Crippen molar-refractivity contribution < 1.29 is 13.2 Å². The third kappa shape index (κ3) is 3.03. The highest BCUT2D eigenvalue weighted by Crippen LogP contribution is 2.43. The second kappa shape index (κ2) is 3.27. The topological polar surface area (TPSA) is 0 Å². The largest absolute Gasteiger partial charge is 0.389 e. The van der Waals surface area contributed by atoms with Gasteiger partial charge < -0.3 is 0 Å². The Hall–Kier alpha value is -0.210. The first-order valence-electron chi connectivity index (χ1n) is 4.48. The van der Waals surface area contributed by atoms with E-state index in [0.717, 1.165) is 32.1 Å². The monoisotopic (exact) mass is 180 g/mol. The van der Waals surface area contributed by atoms with Crippen molar-refractivity contribution in [3.8, 4) is 0 Å². The number of halogens is 3. The Balaban J connectivity index is 2.47. The van der Waals surface area contributed by atoms with Crippen LogP contribution < -0.4 is 0 Å². The summed E-state index contributed by atoms with van der Waals surface area (Å²) in [5.41, 5.74) is -0.462. The molecule has 1 aliphatic carbocycles. The minimum atomic E-state index is -3.98. The predicted molar refractivity (Wildman–Crippen MR) is 41.9 cm³/mol. The molecule has 1 aliphatic rings. The van der Waals surface area contributed by atoms with Crippen molar-refractivity contribution in [1.82, 2.24) is 0 Å². The average molecular weight is 180 g/mol. The Kier molecular flexibility index (Phi) is 2.69. The van der Waals surface area contributed by atoms with E-state index in [1.165, 1.54) is 0 Å². The molecular formula is C9H15F3. The summed E-state index contributed by atoms with van der Waals surface area (Å²) in [5, 5.41) is 0. The quantitative estimate of drug-likeness (QED) is 0.574. The number of hydrogen-bond acceptors (Lipinski definition) is 0. The van der Waals surface area contributed by atoms with Gasteiger partial charge in [0.15, 0.2) is 0 Å². The van der Waals surface area contributed by atoms with E-state index in [2.05, 4.69) is 0 Å². The van der Waals surface area contributed by atoms with Gasteiger partial charge in [0.25, 0.3) is 0 Å². The molecular weight excluding hydrogens is 165 g/mol. The predicted octanol–water partition coefficient (Wildman–Crippen LogP) is 3.91. The van der Waals surface area contributed by atoms with Crippen LogP contribution in [-0.4, -0.2) is 6.18 Å². The molecule has 0 N–H and O–H groups in total. The Bertz CT molecular complexity index is 142. The Morgan fingerprint density at radius 3 is 2.00 bits per heavy atom. The Morgan fingerprint density at radius 2 is 1.58 bits per heavy atom. The van der Waals surface area contributed by atoms with Crippen LogP contribution in [0.5, 0.6) is 0 Å². The molecule has 0 spiro atoms. The lowest BCUT2D eigenvalue weighted by Gasteiger charge is -2.34. The zero-order chi connectivity index (χ0) is 9.24. The standard InChI is InChI=1S/C9H15F3/c1-8(7-9(10,11)12)5-3-2-4-6-8/h2-7H2,1H3. The van der Waals surface area contributed by atoms with Gasteiger partial charge in [-0.05, 0) is 18.3 Å². The number of hydrogen-bond donors (Lipinski definition) is 0. The van der Waals surface area contributed by atoms with E-state index < -0.39 is 18.0 Å². The highest BCUT2D eigenvalue weighted by Gasteiger charge is 2.39. The smallest absolute Gasteiger partial charge is 0.171 e. The van der Waals surface area contributed by atoms with Gasteiger partial charge in [0, 0.05) is 6.42 Å². The summed E-state index contributed by atoms with van der Waals surface area (Å²) in [6.07, 6.45) is -0.0578. The SMILES string of the molecule is CC1(CC(F)(F)F)CCCCC1. The third-order valence-electron chi connectivity index (χ3n) is 2.69. The summed E-state index contributed by atoms with van der Waals surface area (Å²) < 4.78 is 36.3. The minimum Gasteiger partial charge on any atom is -0.171 e. The van der Waals surface area contributed by atoms with Crippen molar-refractivity contribution in [3.63, 3.8) is 0 Å². The molecule has 1 rings (SSSR count). The molecule has 0 aromatic carbocycles. The van der Waals surface area contributed by atoms with E-state index in [-0.39, 0.29) is 0 Å². The molecule has 0 bridgehead atoms. The second-order valence-corrected chi connectivity index (χ2v) is 4.16. The molecule has 12 heavy (non-hydrogen) atoms. The second-order valence-electron chi connectivity index (χ2n) is 4.16. The van der Waals surface area contributed by atoms with Crippen molar-refractivity contribution >= 4 is 0 Å². The van der Waals surface area contributed by atoms with Crippen LogP contribution in [0.25, 0.3) is 0 Å². The lowest BCUT2D eigenvalue weighted by atomic mass is 9.73. The van der Waals surface area contributed by atoms with Gasteiger partial charge in [-0.15, -0.1) is 0 Å². The van der Waals surface area contributed by atoms with Gasteiger partial charge in [0.2, 0.25) is 0 Å². The van der Waals surface area contributed by atoms with Crippen LogP contribution in [-0.2, 0) is 0 Å². The minimum absolute atomic E-state index is 0.462. The summed E-state index contributed by atoms with van der Waals surface area (Å²) in [7, 11) is 0. The van der Waals surface area contributed by atoms with Gasteiger partial charge in [0.05, 0.1) is 0 Å². The fourth-order valence-electron chi connectivity index (χ4n) is 2.07. The maximum atomic E-state index is 12.1. The highest BCUT2D eigenvalue weighted by atomic mass is 19.4. The lowest BCUT2D eigenvalue weighted by Crippen LogP contribution is -2.27. The van der Waals surface area contributed by atoms with Gasteiger partial charge >= 0.3 is 6.18 Å². The molecule has 0 aromatic rings. The molecule has 0 saturated heterocycles. The molecule has 0 aromatic heterocycles. The van der Waals surface area contributed by atoms with Crippen molar-refractivity contribution in [2.24, 2.45) is 5.41 Å². The highest BCUT2D eigenvalue weighted by molar-refractivity contribution is 4.80. The van der Waals surface area contributed by atoms with E-state index in [4.69, 9.17) is 0 Å². The molecule has 0 radical (unpaired) electrons. The summed E-state index contributed by atoms with van der Waals surface area (Å²) in [6.45, 7) is 1.76. The van der Waals surface area contributed by atoms with Crippen molar-refractivity contribution in [3.05, 3.63) is 0 Å². The van der Waals surface area contributed by atoms with Crippen LogP contribution in [0, 0.1) is 5.41 Å². The van der Waals surface area contributed by atoms with E-state index in [9.17, 15) is 13.2 Å². The van der Waals surface area contributed by atoms with Crippen molar-refractivity contribution in [2.75, 3.05) is 0 Å². The van der Waals surface area contributed by atoms with Gasteiger partial charge in [-0.3, -0.25) is 0 Å². The number of rotatable bonds is 1. The third-order valence-corrected chi connectivity index (χ3v) is 2.69. The van der Waals surface area contributed by atoms with Gasteiger partial charge in [-0.1, -0.05) is 26.2 Å². The molecule has 72 valence electrons. The van der Waals surface area contributed by atoms with Gasteiger partial charge in [-0.25, -0.2) is 0 Å². The van der Waals surface area contributed by atoms with Crippen LogP contribution in [0.15, 0.2) is 0 Å². The molecule has 0 nitrogen and oxygen atoms in total. The maximum absolute atomic E-state index is 12.1. The van der Waals surface area contributed by atoms with Gasteiger partial charge in [-0.2, -0.15) is 13.2 Å². The van der Waals surface area contributed by atoms with E-state index >= 15 is 0 Å². The fraction of sp³-hybridized carbons (Fsp3) is 1.00. The molecule has 3 heteroatoms. The zero-order valence-electron chi connectivity index (χ0n) is 7.38. The first kappa shape index (κ1) is 9.87. The fourth-order valence-corrected chi connectivity index (χ4v) is 2.07. The van der Waals surface area contributed by atoms with Crippen molar-refractivity contribution in [1.29, 1.82) is 0 Å². The zero-order valence-corrected chi connectivity index (χ0v) is 7.38. The molecule has 1 saturated carbocycles. The first-order valence-corrected chi connectivity index (χ1v) is 4.48. The Morgan fingerprint density at radius 1 is 1.08 bits per heavy atom. The maximum Gasteiger partial charge on any atom is 0.389 e. The van der Waals surface area contributed by atoms with Crippen molar-refractivity contribution in [2.45, 2.75) is 51.6 Å². The summed E-state index contributed by atoms with van der Waals surface area (Å²) in [6, 6.07) is 0. The average Bonchev–Trinajstić information content (AvgIpc) is 1.83. The summed E-state index contributed by atoms with van der Waals surface area (Å²) in [4.78, 5) is 0. The molecule has 0 atom stereocenters. The lowest BCUT2D eigenvalue weighted by molar-refractivity contribution is -0.160. The van der Waals surface area contributed by atoms with Crippen LogP contribution >= 0.6 is 0 Å². The normalized spacial score (nSPS) is 24.0. The first-order chi connectivity index (χ1) is 5.41. The molecule has 0 unspecified atom stereocenters. The van der Waals surface area contributed by atoms with E-state index in [1.807, 2.05) is 0 Å². The summed E-state index contributed by atoms with van der Waals surface area (Å²) >= 11 is 0. The molecule has 0 amide bonds. The van der Waals surface area contributed by atoms with Gasteiger partial charge in [0.1, 0.15) is 0 Å². The molecule has 0 aliphatic heterocycles. The number of alkyl halides is 3. The molecule has 1 fully saturated rings. The van der Waals surface area contributed by atoms with Crippen LogP contribution in [0.1, 0.15) is 45.4 Å². The molecule has 0 heterocycles. The Labute approximate surface area is 71.1 Å².